The molecule has 2 aromatic rings. The van der Waals surface area contributed by atoms with Crippen LogP contribution in [0.2, 0.25) is 0 Å². The van der Waals surface area contributed by atoms with Crippen molar-refractivity contribution in [1.29, 1.82) is 0 Å². The maximum atomic E-state index is 5.56. The van der Waals surface area contributed by atoms with Crippen LogP contribution in [0, 0.1) is 0 Å². The van der Waals surface area contributed by atoms with Crippen molar-refractivity contribution in [2.75, 3.05) is 0 Å². The zero-order valence-corrected chi connectivity index (χ0v) is 8.98. The summed E-state index contributed by atoms with van der Waals surface area (Å²) in [4.78, 5) is 0. The quantitative estimate of drug-likeness (QED) is 0.882. The molecule has 0 spiro atoms. The van der Waals surface area contributed by atoms with Crippen molar-refractivity contribution >= 4 is 15.9 Å². The molecule has 72 valence electrons. The van der Waals surface area contributed by atoms with Gasteiger partial charge in [-0.1, -0.05) is 11.3 Å². The average molecular weight is 253 g/mol. The topological polar surface area (TPSA) is 56.7 Å². The SMILES string of the molecule is NCc1ccc(Br)c(-n2ccnn2)c1. The second-order valence-corrected chi connectivity index (χ2v) is 3.69. The second kappa shape index (κ2) is 3.89. The zero-order chi connectivity index (χ0) is 9.97. The van der Waals surface area contributed by atoms with E-state index in [1.807, 2.05) is 18.2 Å². The fourth-order valence-corrected chi connectivity index (χ4v) is 1.63. The summed E-state index contributed by atoms with van der Waals surface area (Å²) in [5, 5.41) is 7.67. The lowest BCUT2D eigenvalue weighted by atomic mass is 10.2. The normalized spacial score (nSPS) is 10.4. The van der Waals surface area contributed by atoms with Gasteiger partial charge in [0.15, 0.2) is 0 Å². The summed E-state index contributed by atoms with van der Waals surface area (Å²) < 4.78 is 2.67. The molecule has 4 nitrogen and oxygen atoms in total. The van der Waals surface area contributed by atoms with Gasteiger partial charge in [-0.15, -0.1) is 5.10 Å². The molecule has 0 saturated carbocycles. The molecule has 0 aliphatic heterocycles. The van der Waals surface area contributed by atoms with Gasteiger partial charge in [0.25, 0.3) is 0 Å². The van der Waals surface area contributed by atoms with Gasteiger partial charge in [0, 0.05) is 11.0 Å². The molecule has 5 heteroatoms. The maximum absolute atomic E-state index is 5.56. The highest BCUT2D eigenvalue weighted by atomic mass is 79.9. The Morgan fingerprint density at radius 3 is 2.93 bits per heavy atom. The van der Waals surface area contributed by atoms with E-state index in [1.165, 1.54) is 0 Å². The van der Waals surface area contributed by atoms with E-state index in [0.717, 1.165) is 15.7 Å². The molecule has 1 aromatic carbocycles. The fourth-order valence-electron chi connectivity index (χ4n) is 1.20. The Morgan fingerprint density at radius 1 is 1.43 bits per heavy atom. The Labute approximate surface area is 89.9 Å². The average Bonchev–Trinajstić information content (AvgIpc) is 2.71. The predicted molar refractivity (Wildman–Crippen MR) is 57.0 cm³/mol. The lowest BCUT2D eigenvalue weighted by molar-refractivity contribution is 0.798. The van der Waals surface area contributed by atoms with E-state index in [4.69, 9.17) is 5.73 Å². The molecule has 0 unspecified atom stereocenters. The minimum atomic E-state index is 0.523. The van der Waals surface area contributed by atoms with Crippen molar-refractivity contribution in [1.82, 2.24) is 15.0 Å². The van der Waals surface area contributed by atoms with Gasteiger partial charge in [0.05, 0.1) is 18.1 Å². The Bertz CT molecular complexity index is 424. The highest BCUT2D eigenvalue weighted by Gasteiger charge is 2.03. The van der Waals surface area contributed by atoms with Gasteiger partial charge in [-0.3, -0.25) is 0 Å². The zero-order valence-electron chi connectivity index (χ0n) is 7.39. The summed E-state index contributed by atoms with van der Waals surface area (Å²) >= 11 is 3.45. The summed E-state index contributed by atoms with van der Waals surface area (Å²) in [6.45, 7) is 0.523. The molecule has 0 aliphatic carbocycles. The third-order valence-corrected chi connectivity index (χ3v) is 2.59. The lowest BCUT2D eigenvalue weighted by Crippen LogP contribution is -2.01. The third-order valence-electron chi connectivity index (χ3n) is 1.92. The highest BCUT2D eigenvalue weighted by Crippen LogP contribution is 2.21. The third kappa shape index (κ3) is 1.69. The monoisotopic (exact) mass is 252 g/mol. The van der Waals surface area contributed by atoms with Crippen LogP contribution in [0.15, 0.2) is 35.1 Å². The minimum Gasteiger partial charge on any atom is -0.326 e. The number of aromatic nitrogens is 3. The van der Waals surface area contributed by atoms with Crippen LogP contribution < -0.4 is 5.73 Å². The van der Waals surface area contributed by atoms with Crippen molar-refractivity contribution < 1.29 is 0 Å². The first-order chi connectivity index (χ1) is 6.81. The van der Waals surface area contributed by atoms with Crippen molar-refractivity contribution in [2.45, 2.75) is 6.54 Å². The Kier molecular flexibility index (Phi) is 2.60. The second-order valence-electron chi connectivity index (χ2n) is 2.84. The molecule has 2 N–H and O–H groups in total. The van der Waals surface area contributed by atoms with Crippen LogP contribution in [-0.2, 0) is 6.54 Å². The number of rotatable bonds is 2. The summed E-state index contributed by atoms with van der Waals surface area (Å²) in [6.07, 6.45) is 3.43. The molecule has 0 radical (unpaired) electrons. The first-order valence-corrected chi connectivity index (χ1v) is 4.96. The first-order valence-electron chi connectivity index (χ1n) is 4.16. The number of halogens is 1. The predicted octanol–water partition coefficient (Wildman–Crippen LogP) is 1.49. The Balaban J connectivity index is 2.51. The number of hydrogen-bond acceptors (Lipinski definition) is 3. The van der Waals surface area contributed by atoms with E-state index >= 15 is 0 Å². The molecule has 14 heavy (non-hydrogen) atoms. The first kappa shape index (κ1) is 9.36. The smallest absolute Gasteiger partial charge is 0.0808 e. The summed E-state index contributed by atoms with van der Waals surface area (Å²) in [5.41, 5.74) is 7.58. The van der Waals surface area contributed by atoms with Crippen molar-refractivity contribution in [3.05, 3.63) is 40.6 Å². The maximum Gasteiger partial charge on any atom is 0.0808 e. The van der Waals surface area contributed by atoms with Crippen molar-refractivity contribution in [2.24, 2.45) is 5.73 Å². The summed E-state index contributed by atoms with van der Waals surface area (Å²) in [7, 11) is 0. The molecule has 0 aliphatic rings. The largest absolute Gasteiger partial charge is 0.326 e. The van der Waals surface area contributed by atoms with Crippen molar-refractivity contribution in [3.63, 3.8) is 0 Å². The van der Waals surface area contributed by atoms with E-state index in [0.29, 0.717) is 6.54 Å². The molecule has 2 rings (SSSR count). The molecule has 0 atom stereocenters. The standard InChI is InChI=1S/C9H9BrN4/c10-8-2-1-7(6-11)5-9(8)14-4-3-12-13-14/h1-5H,6,11H2. The Morgan fingerprint density at radius 2 is 2.29 bits per heavy atom. The molecule has 0 saturated heterocycles. The van der Waals surface area contributed by atoms with Gasteiger partial charge in [-0.25, -0.2) is 4.68 Å². The number of hydrogen-bond donors (Lipinski definition) is 1. The van der Waals surface area contributed by atoms with Crippen LogP contribution in [0.25, 0.3) is 5.69 Å². The number of benzene rings is 1. The van der Waals surface area contributed by atoms with Crippen LogP contribution in [0.1, 0.15) is 5.56 Å². The highest BCUT2D eigenvalue weighted by molar-refractivity contribution is 9.10. The molecule has 1 heterocycles. The summed E-state index contributed by atoms with van der Waals surface area (Å²) in [5.74, 6) is 0. The van der Waals surface area contributed by atoms with E-state index in [-0.39, 0.29) is 0 Å². The minimum absolute atomic E-state index is 0.523. The molecule has 0 bridgehead atoms. The fraction of sp³-hybridized carbons (Fsp3) is 0.111. The Hall–Kier alpha value is -1.20. The van der Waals surface area contributed by atoms with E-state index in [9.17, 15) is 0 Å². The molecule has 0 amide bonds. The van der Waals surface area contributed by atoms with Crippen molar-refractivity contribution in [3.8, 4) is 5.69 Å². The van der Waals surface area contributed by atoms with Crippen LogP contribution in [0.4, 0.5) is 0 Å². The van der Waals surface area contributed by atoms with Crippen LogP contribution in [-0.4, -0.2) is 15.0 Å². The van der Waals surface area contributed by atoms with Crippen LogP contribution in [0.5, 0.6) is 0 Å². The lowest BCUT2D eigenvalue weighted by Gasteiger charge is -2.05. The molecular formula is C9H9BrN4. The van der Waals surface area contributed by atoms with Gasteiger partial charge >= 0.3 is 0 Å². The number of nitrogens with two attached hydrogens (primary N) is 1. The van der Waals surface area contributed by atoms with Gasteiger partial charge in [0.1, 0.15) is 0 Å². The van der Waals surface area contributed by atoms with E-state index in [1.54, 1.807) is 17.1 Å². The van der Waals surface area contributed by atoms with Crippen LogP contribution >= 0.6 is 15.9 Å². The summed E-state index contributed by atoms with van der Waals surface area (Å²) in [6, 6.07) is 5.92. The number of nitrogens with zero attached hydrogens (tertiary/aromatic N) is 3. The van der Waals surface area contributed by atoms with Gasteiger partial charge in [-0.05, 0) is 33.6 Å². The van der Waals surface area contributed by atoms with Gasteiger partial charge < -0.3 is 5.73 Å². The van der Waals surface area contributed by atoms with Gasteiger partial charge in [-0.2, -0.15) is 0 Å². The molecular weight excluding hydrogens is 244 g/mol. The van der Waals surface area contributed by atoms with Crippen LogP contribution in [0.3, 0.4) is 0 Å². The van der Waals surface area contributed by atoms with E-state index in [2.05, 4.69) is 26.2 Å². The van der Waals surface area contributed by atoms with Gasteiger partial charge in [0.2, 0.25) is 0 Å². The molecule has 0 fully saturated rings. The van der Waals surface area contributed by atoms with E-state index < -0.39 is 0 Å². The molecule has 1 aromatic heterocycles.